The predicted molar refractivity (Wildman–Crippen MR) is 162 cm³/mol. The summed E-state index contributed by atoms with van der Waals surface area (Å²) < 4.78 is 5.39. The lowest BCUT2D eigenvalue weighted by Gasteiger charge is -2.36. The molecular weight excluding hydrogens is 534 g/mol. The van der Waals surface area contributed by atoms with Crippen LogP contribution in [-0.4, -0.2) is 58.6 Å². The lowest BCUT2D eigenvalue weighted by atomic mass is 9.81. The number of carboxylic acid groups (broad SMARTS) is 1. The van der Waals surface area contributed by atoms with Gasteiger partial charge in [-0.1, -0.05) is 42.5 Å². The van der Waals surface area contributed by atoms with Gasteiger partial charge in [0.25, 0.3) is 0 Å². The Labute approximate surface area is 248 Å². The van der Waals surface area contributed by atoms with E-state index >= 15 is 0 Å². The fourth-order valence-corrected chi connectivity index (χ4v) is 5.96. The minimum absolute atomic E-state index is 0.0152. The average molecular weight is 580 g/mol. The standard InChI is InChI=1S/C33H45N3O6/c1-33(2,3)42-31(39)35-25-13-15-27(16-14-25)36(32(40)41)29-20-22(12-17-28(29)24-9-5-4-6-10-24)8-7-11-30(38)34-26-18-23(19-26)21-37/h4-6,9-10,12,17,20,23,25-27,37H,7-8,11,13-16,18-19,21H2,1-3H3,(H,34,38)(H,35,39)(H,40,41)/t23-,25-,26-,27-. The Morgan fingerprint density at radius 2 is 1.64 bits per heavy atom. The first-order valence-corrected chi connectivity index (χ1v) is 15.1. The number of anilines is 1. The fraction of sp³-hybridized carbons (Fsp3) is 0.545. The van der Waals surface area contributed by atoms with Gasteiger partial charge in [0.2, 0.25) is 5.91 Å². The van der Waals surface area contributed by atoms with Crippen LogP contribution in [0.5, 0.6) is 0 Å². The van der Waals surface area contributed by atoms with Crippen molar-refractivity contribution >= 4 is 23.8 Å². The van der Waals surface area contributed by atoms with Crippen LogP contribution in [0, 0.1) is 5.92 Å². The van der Waals surface area contributed by atoms with Gasteiger partial charge in [0.05, 0.1) is 5.69 Å². The Kier molecular flexibility index (Phi) is 10.5. The van der Waals surface area contributed by atoms with Gasteiger partial charge in [-0.25, -0.2) is 9.59 Å². The van der Waals surface area contributed by atoms with Crippen molar-refractivity contribution in [3.63, 3.8) is 0 Å². The number of aliphatic hydroxyl groups excluding tert-OH is 1. The van der Waals surface area contributed by atoms with Crippen molar-refractivity contribution in [1.82, 2.24) is 10.6 Å². The minimum atomic E-state index is -1.01. The Morgan fingerprint density at radius 1 is 0.952 bits per heavy atom. The van der Waals surface area contributed by atoms with E-state index in [1.165, 1.54) is 4.90 Å². The van der Waals surface area contributed by atoms with Crippen molar-refractivity contribution in [1.29, 1.82) is 0 Å². The van der Waals surface area contributed by atoms with E-state index in [1.807, 2.05) is 69.3 Å². The maximum absolute atomic E-state index is 12.8. The molecule has 0 unspecified atom stereocenters. The molecule has 9 nitrogen and oxygen atoms in total. The molecule has 2 saturated carbocycles. The molecule has 0 radical (unpaired) electrons. The largest absolute Gasteiger partial charge is 0.465 e. The number of aryl methyl sites for hydroxylation is 1. The summed E-state index contributed by atoms with van der Waals surface area (Å²) >= 11 is 0. The number of benzene rings is 2. The summed E-state index contributed by atoms with van der Waals surface area (Å²) in [6, 6.07) is 15.6. The van der Waals surface area contributed by atoms with Crippen molar-refractivity contribution in [2.45, 2.75) is 102 Å². The smallest absolute Gasteiger partial charge is 0.412 e. The van der Waals surface area contributed by atoms with Gasteiger partial charge in [-0.05, 0) is 95.2 Å². The van der Waals surface area contributed by atoms with Crippen LogP contribution in [0.1, 0.15) is 77.7 Å². The van der Waals surface area contributed by atoms with Crippen LogP contribution in [0.4, 0.5) is 15.3 Å². The van der Waals surface area contributed by atoms with Gasteiger partial charge in [0, 0.05) is 36.7 Å². The summed E-state index contributed by atoms with van der Waals surface area (Å²) in [5.41, 5.74) is 2.82. The van der Waals surface area contributed by atoms with E-state index in [0.717, 1.165) is 29.5 Å². The Balaban J connectivity index is 1.44. The Bertz CT molecular complexity index is 1210. The first kappa shape index (κ1) is 31.3. The number of hydrogen-bond acceptors (Lipinski definition) is 5. The molecule has 0 aliphatic heterocycles. The SMILES string of the molecule is CC(C)(C)OC(=O)N[C@H]1CC[C@H](N(C(=O)O)c2cc(CCCC(=O)N[C@H]3C[C@H](CO)C3)ccc2-c2ccccc2)CC1. The number of carbonyl (C=O) groups excluding carboxylic acids is 2. The van der Waals surface area contributed by atoms with Gasteiger partial charge in [0.15, 0.2) is 0 Å². The summed E-state index contributed by atoms with van der Waals surface area (Å²) in [6.07, 6.45) is 4.45. The van der Waals surface area contributed by atoms with Crippen LogP contribution < -0.4 is 15.5 Å². The summed E-state index contributed by atoms with van der Waals surface area (Å²) in [5, 5.41) is 25.6. The molecule has 2 aliphatic rings. The average Bonchev–Trinajstić information content (AvgIpc) is 2.91. The molecule has 3 amide bonds. The van der Waals surface area contributed by atoms with Gasteiger partial charge < -0.3 is 25.6 Å². The van der Waals surface area contributed by atoms with E-state index in [1.54, 1.807) is 0 Å². The van der Waals surface area contributed by atoms with E-state index in [9.17, 15) is 24.6 Å². The number of alkyl carbamates (subject to hydrolysis) is 1. The second-order valence-electron chi connectivity index (χ2n) is 12.7. The summed E-state index contributed by atoms with van der Waals surface area (Å²) in [6.45, 7) is 5.64. The third kappa shape index (κ3) is 8.71. The van der Waals surface area contributed by atoms with Gasteiger partial charge in [-0.2, -0.15) is 0 Å². The van der Waals surface area contributed by atoms with Crippen LogP contribution in [0.25, 0.3) is 11.1 Å². The van der Waals surface area contributed by atoms with E-state index in [4.69, 9.17) is 4.74 Å². The van der Waals surface area contributed by atoms with Gasteiger partial charge in [-0.15, -0.1) is 0 Å². The molecule has 0 saturated heterocycles. The summed E-state index contributed by atoms with van der Waals surface area (Å²) in [5.74, 6) is 0.312. The molecule has 42 heavy (non-hydrogen) atoms. The topological polar surface area (TPSA) is 128 Å². The van der Waals surface area contributed by atoms with Crippen molar-refractivity contribution in [3.8, 4) is 11.1 Å². The molecule has 4 rings (SSSR count). The molecule has 2 aromatic rings. The highest BCUT2D eigenvalue weighted by molar-refractivity contribution is 5.93. The normalized spacial score (nSPS) is 22.0. The zero-order valence-corrected chi connectivity index (χ0v) is 25.0. The fourth-order valence-electron chi connectivity index (χ4n) is 5.96. The molecule has 0 aromatic heterocycles. The molecule has 2 aliphatic carbocycles. The van der Waals surface area contributed by atoms with Crippen LogP contribution in [0.2, 0.25) is 0 Å². The molecule has 0 heterocycles. The number of amides is 3. The molecule has 9 heteroatoms. The maximum Gasteiger partial charge on any atom is 0.412 e. The first-order chi connectivity index (χ1) is 20.0. The molecule has 0 bridgehead atoms. The number of nitrogens with zero attached hydrogens (tertiary/aromatic N) is 1. The van der Waals surface area contributed by atoms with Gasteiger partial charge in [0.1, 0.15) is 5.60 Å². The highest BCUT2D eigenvalue weighted by Gasteiger charge is 2.33. The van der Waals surface area contributed by atoms with Crippen LogP contribution in [0.3, 0.4) is 0 Å². The highest BCUT2D eigenvalue weighted by Crippen LogP contribution is 2.37. The minimum Gasteiger partial charge on any atom is -0.465 e. The second-order valence-corrected chi connectivity index (χ2v) is 12.7. The van der Waals surface area contributed by atoms with E-state index in [2.05, 4.69) is 10.6 Å². The lowest BCUT2D eigenvalue weighted by molar-refractivity contribution is -0.122. The Morgan fingerprint density at radius 3 is 2.26 bits per heavy atom. The number of ether oxygens (including phenoxy) is 1. The Hall–Kier alpha value is -3.59. The molecule has 0 atom stereocenters. The third-order valence-electron chi connectivity index (χ3n) is 8.12. The van der Waals surface area contributed by atoms with E-state index < -0.39 is 17.8 Å². The van der Waals surface area contributed by atoms with Gasteiger partial charge >= 0.3 is 12.2 Å². The summed E-state index contributed by atoms with van der Waals surface area (Å²) in [7, 11) is 0. The first-order valence-electron chi connectivity index (χ1n) is 15.1. The van der Waals surface area contributed by atoms with Crippen molar-refractivity contribution in [3.05, 3.63) is 54.1 Å². The van der Waals surface area contributed by atoms with E-state index in [0.29, 0.717) is 56.6 Å². The number of rotatable bonds is 10. The number of nitrogens with one attached hydrogen (secondary N) is 2. The monoisotopic (exact) mass is 579 g/mol. The lowest BCUT2D eigenvalue weighted by Crippen LogP contribution is -2.47. The number of carbonyl (C=O) groups is 3. The van der Waals surface area contributed by atoms with Crippen LogP contribution in [-0.2, 0) is 16.0 Å². The molecular formula is C33H45N3O6. The molecule has 2 fully saturated rings. The summed E-state index contributed by atoms with van der Waals surface area (Å²) in [4.78, 5) is 38.9. The van der Waals surface area contributed by atoms with Crippen molar-refractivity contribution < 1.29 is 29.3 Å². The highest BCUT2D eigenvalue weighted by atomic mass is 16.6. The zero-order chi connectivity index (χ0) is 30.3. The third-order valence-corrected chi connectivity index (χ3v) is 8.12. The molecule has 4 N–H and O–H groups in total. The van der Waals surface area contributed by atoms with Crippen molar-refractivity contribution in [2.24, 2.45) is 5.92 Å². The van der Waals surface area contributed by atoms with E-state index in [-0.39, 0.29) is 30.6 Å². The van der Waals surface area contributed by atoms with Gasteiger partial charge in [-0.3, -0.25) is 9.69 Å². The zero-order valence-electron chi connectivity index (χ0n) is 25.0. The molecule has 228 valence electrons. The van der Waals surface area contributed by atoms with Crippen molar-refractivity contribution in [2.75, 3.05) is 11.5 Å². The molecule has 0 spiro atoms. The predicted octanol–water partition coefficient (Wildman–Crippen LogP) is 5.88. The van der Waals surface area contributed by atoms with Crippen LogP contribution >= 0.6 is 0 Å². The van der Waals surface area contributed by atoms with Crippen LogP contribution in [0.15, 0.2) is 48.5 Å². The number of hydrogen-bond donors (Lipinski definition) is 4. The number of aliphatic hydroxyl groups is 1. The maximum atomic E-state index is 12.8. The quantitative estimate of drug-likeness (QED) is 0.278. The second kappa shape index (κ2) is 14.1. The molecule has 2 aromatic carbocycles.